The molecule has 1 aromatic heterocycles. The number of hydrogen-bond donors (Lipinski definition) is 0. The summed E-state index contributed by atoms with van der Waals surface area (Å²) in [5.41, 5.74) is 0. The Balaban J connectivity index is 2.55. The largest absolute Gasteiger partial charge is 0.274 e. The number of aromatic nitrogens is 4. The lowest BCUT2D eigenvalue weighted by molar-refractivity contribution is -0.118. The first kappa shape index (κ1) is 14.3. The summed E-state index contributed by atoms with van der Waals surface area (Å²) in [4.78, 5) is 14.9. The van der Waals surface area contributed by atoms with E-state index in [-0.39, 0.29) is 5.91 Å². The zero-order valence-corrected chi connectivity index (χ0v) is 11.2. The van der Waals surface area contributed by atoms with Crippen molar-refractivity contribution in [2.75, 3.05) is 11.4 Å². The monoisotopic (exact) mass is 251 g/mol. The highest BCUT2D eigenvalue weighted by Gasteiger charge is 2.18. The number of unbranched alkanes of at least 4 members (excludes halogenated alkanes) is 3. The minimum absolute atomic E-state index is 0.0269. The minimum atomic E-state index is 0.0269. The summed E-state index contributed by atoms with van der Waals surface area (Å²) < 4.78 is 0. The summed E-state index contributed by atoms with van der Waals surface area (Å²) in [6, 6.07) is 0. The Kier molecular flexibility index (Phi) is 6.04. The van der Waals surface area contributed by atoms with Crippen LogP contribution >= 0.6 is 0 Å². The summed E-state index contributed by atoms with van der Waals surface area (Å²) in [6.07, 6.45) is 6.50. The second-order valence-corrected chi connectivity index (χ2v) is 4.18. The molecule has 0 aromatic carbocycles. The number of tetrazole rings is 1. The maximum atomic E-state index is 12.1. The van der Waals surface area contributed by atoms with Gasteiger partial charge >= 0.3 is 0 Å². The van der Waals surface area contributed by atoms with Crippen molar-refractivity contribution in [3.8, 4) is 0 Å². The minimum Gasteiger partial charge on any atom is -0.274 e. The first-order chi connectivity index (χ1) is 8.69. The molecule has 0 atom stereocenters. The molecule has 1 heterocycles. The van der Waals surface area contributed by atoms with Crippen LogP contribution in [0, 0.1) is 0 Å². The number of aryl methyl sites for hydroxylation is 1. The van der Waals surface area contributed by atoms with E-state index in [1.54, 1.807) is 13.1 Å². The maximum Gasteiger partial charge on any atom is 0.272 e. The van der Waals surface area contributed by atoms with Crippen molar-refractivity contribution in [1.82, 2.24) is 20.2 Å². The Morgan fingerprint density at radius 2 is 2.22 bits per heavy atom. The Labute approximate surface area is 108 Å². The van der Waals surface area contributed by atoms with Crippen molar-refractivity contribution in [2.45, 2.75) is 39.0 Å². The third-order valence-electron chi connectivity index (χ3n) is 2.60. The van der Waals surface area contributed by atoms with Crippen LogP contribution in [0.3, 0.4) is 0 Å². The fourth-order valence-corrected chi connectivity index (χ4v) is 1.64. The summed E-state index contributed by atoms with van der Waals surface area (Å²) in [5.74, 6) is 0.372. The van der Waals surface area contributed by atoms with Gasteiger partial charge in [0.15, 0.2) is 0 Å². The van der Waals surface area contributed by atoms with Gasteiger partial charge in [-0.3, -0.25) is 9.69 Å². The molecule has 0 radical (unpaired) electrons. The van der Waals surface area contributed by atoms with Crippen LogP contribution in [-0.4, -0.2) is 32.7 Å². The predicted molar refractivity (Wildman–Crippen MR) is 70.1 cm³/mol. The van der Waals surface area contributed by atoms with Gasteiger partial charge in [0.05, 0.1) is 7.05 Å². The third kappa shape index (κ3) is 4.27. The second-order valence-electron chi connectivity index (χ2n) is 4.18. The maximum absolute atomic E-state index is 12.1. The summed E-state index contributed by atoms with van der Waals surface area (Å²) in [6.45, 7) is 6.21. The molecule has 0 unspecified atom stereocenters. The lowest BCUT2D eigenvalue weighted by Crippen LogP contribution is -2.31. The lowest BCUT2D eigenvalue weighted by atomic mass is 10.1. The first-order valence-corrected chi connectivity index (χ1v) is 6.34. The van der Waals surface area contributed by atoms with E-state index in [4.69, 9.17) is 0 Å². The summed E-state index contributed by atoms with van der Waals surface area (Å²) in [7, 11) is 1.67. The lowest BCUT2D eigenvalue weighted by Gasteiger charge is -2.16. The number of anilines is 1. The van der Waals surface area contributed by atoms with Gasteiger partial charge < -0.3 is 0 Å². The van der Waals surface area contributed by atoms with Crippen LogP contribution in [0.5, 0.6) is 0 Å². The first-order valence-electron chi connectivity index (χ1n) is 6.34. The van der Waals surface area contributed by atoms with Crippen LogP contribution in [0.2, 0.25) is 0 Å². The fraction of sp³-hybridized carbons (Fsp3) is 0.667. The molecule has 0 saturated heterocycles. The number of nitrogens with zero attached hydrogens (tertiary/aromatic N) is 5. The van der Waals surface area contributed by atoms with Crippen LogP contribution in [-0.2, 0) is 11.8 Å². The fourth-order valence-electron chi connectivity index (χ4n) is 1.64. The van der Waals surface area contributed by atoms with Crippen molar-refractivity contribution < 1.29 is 4.79 Å². The molecule has 1 aromatic rings. The molecule has 0 N–H and O–H groups in total. The zero-order chi connectivity index (χ0) is 13.4. The van der Waals surface area contributed by atoms with Gasteiger partial charge in [0.25, 0.3) is 5.95 Å². The Morgan fingerprint density at radius 1 is 1.44 bits per heavy atom. The van der Waals surface area contributed by atoms with Gasteiger partial charge in [-0.1, -0.05) is 37.4 Å². The van der Waals surface area contributed by atoms with Gasteiger partial charge in [-0.2, -0.15) is 4.80 Å². The Hall–Kier alpha value is -1.72. The molecule has 0 fully saturated rings. The van der Waals surface area contributed by atoms with E-state index in [0.717, 1.165) is 25.7 Å². The molecular formula is C12H21N5O. The van der Waals surface area contributed by atoms with Gasteiger partial charge in [-0.15, -0.1) is 11.7 Å². The highest BCUT2D eigenvalue weighted by atomic mass is 16.2. The molecule has 6 heteroatoms. The molecule has 0 bridgehead atoms. The van der Waals surface area contributed by atoms with Gasteiger partial charge in [-0.05, 0) is 11.6 Å². The Morgan fingerprint density at radius 3 is 2.78 bits per heavy atom. The number of hydrogen-bond acceptors (Lipinski definition) is 4. The predicted octanol–water partition coefficient (Wildman–Crippen LogP) is 1.70. The molecule has 0 spiro atoms. The average molecular weight is 251 g/mol. The molecule has 0 aliphatic rings. The SMILES string of the molecule is C=CCN(C(=O)CCCCCC)c1nnn(C)n1. The van der Waals surface area contributed by atoms with E-state index in [9.17, 15) is 4.79 Å². The molecule has 1 rings (SSSR count). The smallest absolute Gasteiger partial charge is 0.272 e. The highest BCUT2D eigenvalue weighted by Crippen LogP contribution is 2.10. The summed E-state index contributed by atoms with van der Waals surface area (Å²) >= 11 is 0. The van der Waals surface area contributed by atoms with Crippen molar-refractivity contribution in [3.63, 3.8) is 0 Å². The molecule has 1 amide bonds. The van der Waals surface area contributed by atoms with Crippen LogP contribution in [0.1, 0.15) is 39.0 Å². The third-order valence-corrected chi connectivity index (χ3v) is 2.60. The van der Waals surface area contributed by atoms with E-state index in [1.807, 2.05) is 0 Å². The zero-order valence-electron chi connectivity index (χ0n) is 11.2. The van der Waals surface area contributed by atoms with E-state index < -0.39 is 0 Å². The quantitative estimate of drug-likeness (QED) is 0.521. The van der Waals surface area contributed by atoms with Crippen molar-refractivity contribution in [3.05, 3.63) is 12.7 Å². The van der Waals surface area contributed by atoms with Gasteiger partial charge in [0, 0.05) is 13.0 Å². The topological polar surface area (TPSA) is 63.9 Å². The number of carbonyl (C=O) groups excluding carboxylic acids is 1. The van der Waals surface area contributed by atoms with Crippen LogP contribution in [0.25, 0.3) is 0 Å². The normalized spacial score (nSPS) is 10.3. The Bertz CT molecular complexity index is 388. The number of carbonyl (C=O) groups is 1. The molecule has 18 heavy (non-hydrogen) atoms. The van der Waals surface area contributed by atoms with Crippen LogP contribution in [0.15, 0.2) is 12.7 Å². The van der Waals surface area contributed by atoms with Crippen molar-refractivity contribution in [2.24, 2.45) is 7.05 Å². The molecule has 100 valence electrons. The molecule has 0 aliphatic heterocycles. The van der Waals surface area contributed by atoms with E-state index in [1.165, 1.54) is 9.70 Å². The van der Waals surface area contributed by atoms with Gasteiger partial charge in [0.1, 0.15) is 0 Å². The average Bonchev–Trinajstić information content (AvgIpc) is 2.78. The standard InChI is InChI=1S/C12H21N5O/c1-4-6-7-8-9-11(18)17(10-5-2)12-13-15-16(3)14-12/h5H,2,4,6-10H2,1,3H3. The van der Waals surface area contributed by atoms with E-state index in [2.05, 4.69) is 28.9 Å². The number of amides is 1. The van der Waals surface area contributed by atoms with Crippen molar-refractivity contribution >= 4 is 11.9 Å². The van der Waals surface area contributed by atoms with Crippen LogP contribution < -0.4 is 4.90 Å². The summed E-state index contributed by atoms with van der Waals surface area (Å²) in [5, 5.41) is 11.6. The molecule has 6 nitrogen and oxygen atoms in total. The second kappa shape index (κ2) is 7.58. The number of rotatable bonds is 8. The van der Waals surface area contributed by atoms with E-state index in [0.29, 0.717) is 18.9 Å². The van der Waals surface area contributed by atoms with Gasteiger partial charge in [0.2, 0.25) is 5.91 Å². The molecular weight excluding hydrogens is 230 g/mol. The van der Waals surface area contributed by atoms with E-state index >= 15 is 0 Å². The molecule has 0 aliphatic carbocycles. The highest BCUT2D eigenvalue weighted by molar-refractivity contribution is 5.91. The van der Waals surface area contributed by atoms with Crippen molar-refractivity contribution in [1.29, 1.82) is 0 Å². The van der Waals surface area contributed by atoms with Gasteiger partial charge in [-0.25, -0.2) is 0 Å². The molecule has 0 saturated carbocycles. The van der Waals surface area contributed by atoms with Crippen LogP contribution in [0.4, 0.5) is 5.95 Å².